The number of aliphatic hydroxyl groups is 4. The summed E-state index contributed by atoms with van der Waals surface area (Å²) in [7, 11) is 0. The molecule has 4 aromatic carbocycles. The summed E-state index contributed by atoms with van der Waals surface area (Å²) in [6.45, 7) is 0. The fourth-order valence-corrected chi connectivity index (χ4v) is 4.18. The SMILES string of the molecule is O[C@@H]1[C@H](O)[C@@H](O)c2c(ccc3cc4c(ccc5ccccc54)cc23)[C@H]1O. The van der Waals surface area contributed by atoms with Gasteiger partial charge in [-0.3, -0.25) is 0 Å². The second-order valence-corrected chi connectivity index (χ2v) is 7.02. The molecule has 0 saturated heterocycles. The number of aliphatic hydroxyl groups excluding tert-OH is 4. The van der Waals surface area contributed by atoms with Crippen molar-refractivity contribution in [1.29, 1.82) is 0 Å². The molecule has 0 fully saturated rings. The van der Waals surface area contributed by atoms with Gasteiger partial charge in [-0.05, 0) is 55.6 Å². The van der Waals surface area contributed by atoms with Crippen LogP contribution >= 0.6 is 0 Å². The van der Waals surface area contributed by atoms with Crippen LogP contribution in [0.4, 0.5) is 0 Å². The van der Waals surface area contributed by atoms with Crippen LogP contribution in [0.25, 0.3) is 32.3 Å². The van der Waals surface area contributed by atoms with Gasteiger partial charge in [0, 0.05) is 0 Å². The van der Waals surface area contributed by atoms with Crippen LogP contribution in [-0.4, -0.2) is 32.6 Å². The van der Waals surface area contributed by atoms with Crippen molar-refractivity contribution < 1.29 is 20.4 Å². The number of hydrogen-bond acceptors (Lipinski definition) is 4. The maximum absolute atomic E-state index is 10.5. The molecular weight excluding hydrogens is 328 g/mol. The van der Waals surface area contributed by atoms with Crippen molar-refractivity contribution in [3.63, 3.8) is 0 Å². The molecule has 1 aliphatic rings. The first kappa shape index (κ1) is 15.7. The van der Waals surface area contributed by atoms with Crippen LogP contribution in [0.1, 0.15) is 23.3 Å². The molecule has 26 heavy (non-hydrogen) atoms. The molecule has 4 atom stereocenters. The average molecular weight is 346 g/mol. The fraction of sp³-hybridized carbons (Fsp3) is 0.182. The van der Waals surface area contributed by atoms with Gasteiger partial charge in [0.2, 0.25) is 0 Å². The van der Waals surface area contributed by atoms with Gasteiger partial charge in [0.05, 0.1) is 0 Å². The minimum absolute atomic E-state index is 0.461. The van der Waals surface area contributed by atoms with Gasteiger partial charge in [-0.1, -0.05) is 48.5 Å². The maximum Gasteiger partial charge on any atom is 0.113 e. The van der Waals surface area contributed by atoms with Gasteiger partial charge >= 0.3 is 0 Å². The van der Waals surface area contributed by atoms with Gasteiger partial charge in [0.15, 0.2) is 0 Å². The van der Waals surface area contributed by atoms with Gasteiger partial charge in [-0.25, -0.2) is 0 Å². The van der Waals surface area contributed by atoms with E-state index in [1.54, 1.807) is 6.07 Å². The van der Waals surface area contributed by atoms with Crippen LogP contribution in [0.15, 0.2) is 60.7 Å². The van der Waals surface area contributed by atoms with Gasteiger partial charge in [-0.15, -0.1) is 0 Å². The van der Waals surface area contributed by atoms with Crippen molar-refractivity contribution in [1.82, 2.24) is 0 Å². The first-order valence-corrected chi connectivity index (χ1v) is 8.66. The van der Waals surface area contributed by atoms with Crippen molar-refractivity contribution in [3.8, 4) is 0 Å². The topological polar surface area (TPSA) is 80.9 Å². The minimum Gasteiger partial charge on any atom is -0.387 e. The van der Waals surface area contributed by atoms with E-state index in [4.69, 9.17) is 0 Å². The second-order valence-electron chi connectivity index (χ2n) is 7.02. The molecule has 0 saturated carbocycles. The molecule has 5 rings (SSSR count). The van der Waals surface area contributed by atoms with Crippen molar-refractivity contribution in [2.24, 2.45) is 0 Å². The molecule has 0 heterocycles. The molecule has 0 aliphatic heterocycles. The summed E-state index contributed by atoms with van der Waals surface area (Å²) in [6, 6.07) is 19.9. The summed E-state index contributed by atoms with van der Waals surface area (Å²) in [4.78, 5) is 0. The Morgan fingerprint density at radius 1 is 0.538 bits per heavy atom. The number of rotatable bonds is 0. The Morgan fingerprint density at radius 3 is 2.00 bits per heavy atom. The van der Waals surface area contributed by atoms with Crippen LogP contribution in [-0.2, 0) is 0 Å². The molecule has 0 aromatic heterocycles. The maximum atomic E-state index is 10.5. The van der Waals surface area contributed by atoms with E-state index in [9.17, 15) is 20.4 Å². The van der Waals surface area contributed by atoms with Crippen LogP contribution in [0.5, 0.6) is 0 Å². The molecule has 0 spiro atoms. The molecule has 1 aliphatic carbocycles. The lowest BCUT2D eigenvalue weighted by Gasteiger charge is -2.35. The standard InChI is InChI=1S/C22H18O4/c23-19-15-8-7-13-9-16-12(6-5-11-3-1-2-4-14(11)16)10-17(13)18(15)20(24)22(26)21(19)25/h1-10,19-26H/t19-,20+,21+,22-/m1/s1. The Morgan fingerprint density at radius 2 is 1.15 bits per heavy atom. The van der Waals surface area contributed by atoms with Crippen LogP contribution in [0, 0.1) is 0 Å². The van der Waals surface area contributed by atoms with Crippen molar-refractivity contribution in [2.45, 2.75) is 24.4 Å². The first-order valence-electron chi connectivity index (χ1n) is 8.66. The Kier molecular flexibility index (Phi) is 3.33. The van der Waals surface area contributed by atoms with Gasteiger partial charge < -0.3 is 20.4 Å². The zero-order valence-electron chi connectivity index (χ0n) is 13.9. The van der Waals surface area contributed by atoms with E-state index < -0.39 is 24.4 Å². The lowest BCUT2D eigenvalue weighted by molar-refractivity contribution is -0.119. The summed E-state index contributed by atoms with van der Waals surface area (Å²) in [6.07, 6.45) is -5.29. The molecule has 4 aromatic rings. The summed E-state index contributed by atoms with van der Waals surface area (Å²) in [5.41, 5.74) is 0.950. The Labute approximate surface area is 149 Å². The van der Waals surface area contributed by atoms with Crippen LogP contribution in [0.2, 0.25) is 0 Å². The highest BCUT2D eigenvalue weighted by molar-refractivity contribution is 6.12. The van der Waals surface area contributed by atoms with E-state index in [0.717, 1.165) is 32.3 Å². The third-order valence-corrected chi connectivity index (χ3v) is 5.57. The lowest BCUT2D eigenvalue weighted by Crippen LogP contribution is -2.41. The molecular formula is C22H18O4. The number of fused-ring (bicyclic) bond motifs is 6. The zero-order chi connectivity index (χ0) is 18.0. The normalized spacial score (nSPS) is 25.7. The average Bonchev–Trinajstić information content (AvgIpc) is 2.68. The minimum atomic E-state index is -1.42. The highest BCUT2D eigenvalue weighted by atomic mass is 16.4. The molecule has 130 valence electrons. The molecule has 4 nitrogen and oxygen atoms in total. The summed E-state index contributed by atoms with van der Waals surface area (Å²) < 4.78 is 0. The Bertz CT molecular complexity index is 1170. The third-order valence-electron chi connectivity index (χ3n) is 5.57. The van der Waals surface area contributed by atoms with Gasteiger partial charge in [0.25, 0.3) is 0 Å². The van der Waals surface area contributed by atoms with E-state index in [1.165, 1.54) is 0 Å². The van der Waals surface area contributed by atoms with E-state index in [2.05, 4.69) is 24.3 Å². The largest absolute Gasteiger partial charge is 0.387 e. The van der Waals surface area contributed by atoms with Crippen LogP contribution < -0.4 is 0 Å². The molecule has 0 radical (unpaired) electrons. The highest BCUT2D eigenvalue weighted by Crippen LogP contribution is 2.42. The van der Waals surface area contributed by atoms with Crippen molar-refractivity contribution in [3.05, 3.63) is 71.8 Å². The van der Waals surface area contributed by atoms with E-state index in [-0.39, 0.29) is 0 Å². The van der Waals surface area contributed by atoms with Crippen molar-refractivity contribution in [2.75, 3.05) is 0 Å². The molecule has 4 heteroatoms. The fourth-order valence-electron chi connectivity index (χ4n) is 4.18. The number of benzene rings is 4. The summed E-state index contributed by atoms with van der Waals surface area (Å²) in [5, 5.41) is 47.1. The van der Waals surface area contributed by atoms with Gasteiger partial charge in [-0.2, -0.15) is 0 Å². The van der Waals surface area contributed by atoms with E-state index in [0.29, 0.717) is 11.1 Å². The Balaban J connectivity index is 1.88. The quantitative estimate of drug-likeness (QED) is 0.291. The molecule has 0 unspecified atom stereocenters. The monoisotopic (exact) mass is 346 g/mol. The van der Waals surface area contributed by atoms with Gasteiger partial charge in [0.1, 0.15) is 24.4 Å². The smallest absolute Gasteiger partial charge is 0.113 e. The lowest BCUT2D eigenvalue weighted by atomic mass is 9.80. The van der Waals surface area contributed by atoms with E-state index in [1.807, 2.05) is 30.3 Å². The predicted octanol–water partition coefficient (Wildman–Crippen LogP) is 2.95. The van der Waals surface area contributed by atoms with Crippen LogP contribution in [0.3, 0.4) is 0 Å². The summed E-state index contributed by atoms with van der Waals surface area (Å²) in [5.74, 6) is 0. The number of hydrogen-bond donors (Lipinski definition) is 4. The second kappa shape index (κ2) is 5.50. The predicted molar refractivity (Wildman–Crippen MR) is 101 cm³/mol. The Hall–Kier alpha value is -2.50. The first-order chi connectivity index (χ1) is 12.6. The molecule has 0 amide bonds. The summed E-state index contributed by atoms with van der Waals surface area (Å²) >= 11 is 0. The van der Waals surface area contributed by atoms with E-state index >= 15 is 0 Å². The molecule has 0 bridgehead atoms. The third kappa shape index (κ3) is 2.04. The van der Waals surface area contributed by atoms with Crippen molar-refractivity contribution >= 4 is 32.3 Å². The highest BCUT2D eigenvalue weighted by Gasteiger charge is 2.40. The zero-order valence-corrected chi connectivity index (χ0v) is 13.9. The molecule has 4 N–H and O–H groups in total.